The Balaban J connectivity index is 2.04. The van der Waals surface area contributed by atoms with Gasteiger partial charge in [0.1, 0.15) is 0 Å². The van der Waals surface area contributed by atoms with Crippen molar-refractivity contribution in [3.05, 3.63) is 0 Å². The quantitative estimate of drug-likeness (QED) is 0.582. The van der Waals surface area contributed by atoms with Crippen LogP contribution in [-0.4, -0.2) is 42.9 Å². The van der Waals surface area contributed by atoms with Gasteiger partial charge in [-0.1, -0.05) is 13.3 Å². The van der Waals surface area contributed by atoms with Crippen molar-refractivity contribution in [2.75, 3.05) is 19.8 Å². The summed E-state index contributed by atoms with van der Waals surface area (Å²) in [5.74, 6) is -1.09. The van der Waals surface area contributed by atoms with Gasteiger partial charge in [0, 0.05) is 19.2 Å². The first-order chi connectivity index (χ1) is 9.13. The summed E-state index contributed by atoms with van der Waals surface area (Å²) in [7, 11) is 0. The summed E-state index contributed by atoms with van der Waals surface area (Å²) < 4.78 is 5.32. The average molecular weight is 272 g/mol. The second-order valence-electron chi connectivity index (χ2n) is 4.91. The fourth-order valence-corrected chi connectivity index (χ4v) is 2.16. The number of carboxylic acids is 1. The van der Waals surface area contributed by atoms with Crippen LogP contribution in [0.2, 0.25) is 0 Å². The van der Waals surface area contributed by atoms with E-state index in [0.29, 0.717) is 26.0 Å². The van der Waals surface area contributed by atoms with E-state index >= 15 is 0 Å². The molecule has 1 rings (SSSR count). The molecular weight excluding hydrogens is 248 g/mol. The molecule has 0 radical (unpaired) electrons. The molecule has 2 unspecified atom stereocenters. The van der Waals surface area contributed by atoms with Crippen molar-refractivity contribution in [1.82, 2.24) is 10.6 Å². The molecule has 6 nitrogen and oxygen atoms in total. The van der Waals surface area contributed by atoms with E-state index in [4.69, 9.17) is 9.84 Å². The van der Waals surface area contributed by atoms with E-state index in [9.17, 15) is 9.59 Å². The highest BCUT2D eigenvalue weighted by Crippen LogP contribution is 2.25. The van der Waals surface area contributed by atoms with Gasteiger partial charge >= 0.3 is 12.0 Å². The van der Waals surface area contributed by atoms with Crippen LogP contribution in [0.25, 0.3) is 0 Å². The lowest BCUT2D eigenvalue weighted by Gasteiger charge is -2.13. The van der Waals surface area contributed by atoms with Gasteiger partial charge in [-0.15, -0.1) is 0 Å². The molecular formula is C13H24N2O4. The number of rotatable bonds is 8. The lowest BCUT2D eigenvalue weighted by molar-refractivity contribution is -0.141. The maximum Gasteiger partial charge on any atom is 0.315 e. The minimum absolute atomic E-state index is 0.0258. The van der Waals surface area contributed by atoms with Crippen molar-refractivity contribution < 1.29 is 19.4 Å². The number of amides is 2. The number of aliphatic carboxylic acids is 1. The fraction of sp³-hybridized carbons (Fsp3) is 0.846. The molecule has 1 aliphatic carbocycles. The molecule has 0 spiro atoms. The van der Waals surface area contributed by atoms with Gasteiger partial charge in [0.25, 0.3) is 0 Å². The Morgan fingerprint density at radius 1 is 1.32 bits per heavy atom. The minimum Gasteiger partial charge on any atom is -0.481 e. The van der Waals surface area contributed by atoms with Crippen LogP contribution in [0, 0.1) is 5.92 Å². The maximum absolute atomic E-state index is 11.5. The van der Waals surface area contributed by atoms with Crippen molar-refractivity contribution in [3.63, 3.8) is 0 Å². The van der Waals surface area contributed by atoms with Gasteiger partial charge in [-0.25, -0.2) is 4.79 Å². The van der Waals surface area contributed by atoms with E-state index < -0.39 is 5.97 Å². The molecule has 0 heterocycles. The van der Waals surface area contributed by atoms with E-state index in [2.05, 4.69) is 17.6 Å². The van der Waals surface area contributed by atoms with E-state index in [1.807, 2.05) is 0 Å². The molecule has 3 N–H and O–H groups in total. The monoisotopic (exact) mass is 272 g/mol. The molecule has 0 aromatic rings. The van der Waals surface area contributed by atoms with Gasteiger partial charge in [-0.3, -0.25) is 4.79 Å². The number of hydrogen-bond acceptors (Lipinski definition) is 3. The first-order valence-corrected chi connectivity index (χ1v) is 6.98. The average Bonchev–Trinajstić information content (AvgIpc) is 2.82. The molecule has 1 aliphatic rings. The number of ether oxygens (including phenoxy) is 1. The summed E-state index contributed by atoms with van der Waals surface area (Å²) in [5.41, 5.74) is 0. The third-order valence-corrected chi connectivity index (χ3v) is 3.29. The number of nitrogens with one attached hydrogen (secondary N) is 2. The number of urea groups is 1. The minimum atomic E-state index is -0.769. The van der Waals surface area contributed by atoms with E-state index in [1.165, 1.54) is 0 Å². The summed E-state index contributed by atoms with van der Waals surface area (Å²) in [5, 5.41) is 14.4. The van der Waals surface area contributed by atoms with E-state index in [0.717, 1.165) is 25.9 Å². The van der Waals surface area contributed by atoms with Crippen molar-refractivity contribution in [3.8, 4) is 0 Å². The molecule has 0 aromatic carbocycles. The largest absolute Gasteiger partial charge is 0.481 e. The normalized spacial score (nSPS) is 22.2. The highest BCUT2D eigenvalue weighted by molar-refractivity contribution is 5.75. The number of carbonyl (C=O) groups excluding carboxylic acids is 1. The highest BCUT2D eigenvalue weighted by atomic mass is 16.5. The summed E-state index contributed by atoms with van der Waals surface area (Å²) in [6, 6.07) is -0.266. The molecule has 0 saturated heterocycles. The Hall–Kier alpha value is -1.30. The zero-order valence-corrected chi connectivity index (χ0v) is 11.5. The molecule has 2 amide bonds. The lowest BCUT2D eigenvalue weighted by Crippen LogP contribution is -2.42. The molecule has 0 aromatic heterocycles. The predicted molar refractivity (Wildman–Crippen MR) is 71.0 cm³/mol. The van der Waals surface area contributed by atoms with Crippen LogP contribution in [0.3, 0.4) is 0 Å². The van der Waals surface area contributed by atoms with Crippen LogP contribution in [0.5, 0.6) is 0 Å². The number of unbranched alkanes of at least 4 members (excludes halogenated alkanes) is 1. The van der Waals surface area contributed by atoms with Crippen molar-refractivity contribution in [1.29, 1.82) is 0 Å². The summed E-state index contributed by atoms with van der Waals surface area (Å²) in [6.45, 7) is 3.81. The molecule has 6 heteroatoms. The van der Waals surface area contributed by atoms with Crippen molar-refractivity contribution in [2.45, 2.75) is 45.1 Å². The van der Waals surface area contributed by atoms with Gasteiger partial charge in [-0.05, 0) is 25.7 Å². The topological polar surface area (TPSA) is 87.7 Å². The molecule has 1 saturated carbocycles. The van der Waals surface area contributed by atoms with Gasteiger partial charge in [0.2, 0.25) is 0 Å². The van der Waals surface area contributed by atoms with Crippen LogP contribution < -0.4 is 10.6 Å². The second-order valence-corrected chi connectivity index (χ2v) is 4.91. The maximum atomic E-state index is 11.5. The van der Waals surface area contributed by atoms with Gasteiger partial charge in [-0.2, -0.15) is 0 Å². The standard InChI is InChI=1S/C13H24N2O4/c1-2-3-7-19-8-6-14-13(18)15-11-5-4-10(9-11)12(16)17/h10-11H,2-9H2,1H3,(H,16,17)(H2,14,15,18). The fourth-order valence-electron chi connectivity index (χ4n) is 2.16. The SMILES string of the molecule is CCCCOCCNC(=O)NC1CCC(C(=O)O)C1. The Morgan fingerprint density at radius 2 is 2.11 bits per heavy atom. The lowest BCUT2D eigenvalue weighted by atomic mass is 10.1. The Kier molecular flexibility index (Phi) is 7.25. The third-order valence-electron chi connectivity index (χ3n) is 3.29. The first-order valence-electron chi connectivity index (χ1n) is 6.98. The van der Waals surface area contributed by atoms with E-state index in [1.54, 1.807) is 0 Å². The van der Waals surface area contributed by atoms with Crippen LogP contribution in [0.1, 0.15) is 39.0 Å². The van der Waals surface area contributed by atoms with Crippen LogP contribution in [-0.2, 0) is 9.53 Å². The highest BCUT2D eigenvalue weighted by Gasteiger charge is 2.30. The Morgan fingerprint density at radius 3 is 2.74 bits per heavy atom. The number of hydrogen-bond donors (Lipinski definition) is 3. The molecule has 1 fully saturated rings. The summed E-state index contributed by atoms with van der Waals surface area (Å²) in [6.07, 6.45) is 4.03. The van der Waals surface area contributed by atoms with Crippen LogP contribution in [0.15, 0.2) is 0 Å². The number of carbonyl (C=O) groups is 2. The molecule has 110 valence electrons. The summed E-state index contributed by atoms with van der Waals surface area (Å²) in [4.78, 5) is 22.3. The smallest absolute Gasteiger partial charge is 0.315 e. The molecule has 0 aliphatic heterocycles. The van der Waals surface area contributed by atoms with Gasteiger partial charge in [0.15, 0.2) is 0 Å². The summed E-state index contributed by atoms with van der Waals surface area (Å²) >= 11 is 0. The molecule has 0 bridgehead atoms. The Bertz CT molecular complexity index is 296. The predicted octanol–water partition coefficient (Wildman–Crippen LogP) is 1.36. The van der Waals surface area contributed by atoms with Gasteiger partial charge in [0.05, 0.1) is 12.5 Å². The second kappa shape index (κ2) is 8.74. The molecule has 2 atom stereocenters. The third kappa shape index (κ3) is 6.42. The van der Waals surface area contributed by atoms with Crippen molar-refractivity contribution in [2.24, 2.45) is 5.92 Å². The van der Waals surface area contributed by atoms with Crippen LogP contribution >= 0.6 is 0 Å². The molecule has 19 heavy (non-hydrogen) atoms. The van der Waals surface area contributed by atoms with Crippen molar-refractivity contribution >= 4 is 12.0 Å². The zero-order valence-electron chi connectivity index (χ0n) is 11.5. The number of carboxylic acid groups (broad SMARTS) is 1. The Labute approximate surface area is 113 Å². The van der Waals surface area contributed by atoms with Gasteiger partial charge < -0.3 is 20.5 Å². The first kappa shape index (κ1) is 15.8. The zero-order chi connectivity index (χ0) is 14.1. The van der Waals surface area contributed by atoms with Crippen LogP contribution in [0.4, 0.5) is 4.79 Å². The van der Waals surface area contributed by atoms with E-state index in [-0.39, 0.29) is 18.0 Å².